The smallest absolute Gasteiger partial charge is 0.230 e. The summed E-state index contributed by atoms with van der Waals surface area (Å²) >= 11 is 6.62. The Labute approximate surface area is 173 Å². The van der Waals surface area contributed by atoms with Crippen molar-refractivity contribution in [3.63, 3.8) is 0 Å². The molecule has 8 heteroatoms. The number of amides is 1. The Morgan fingerprint density at radius 1 is 1.30 bits per heavy atom. The molecule has 1 aromatic heterocycles. The van der Waals surface area contributed by atoms with Crippen molar-refractivity contribution in [2.24, 2.45) is 0 Å². The quantitative estimate of drug-likeness (QED) is 0.549. The molecule has 1 atom stereocenters. The molecule has 0 aliphatic carbocycles. The largest absolute Gasteiger partial charge is 0.486 e. The number of fused-ring (bicyclic) bond motifs is 2. The summed E-state index contributed by atoms with van der Waals surface area (Å²) in [6.07, 6.45) is 0. The molecular formula is C19H17BrN2O3S2. The van der Waals surface area contributed by atoms with Crippen LogP contribution in [-0.4, -0.2) is 29.9 Å². The van der Waals surface area contributed by atoms with Crippen LogP contribution in [0.15, 0.2) is 45.2 Å². The number of nitrogens with one attached hydrogen (secondary N) is 1. The van der Waals surface area contributed by atoms with Gasteiger partial charge in [0.1, 0.15) is 13.2 Å². The molecule has 2 heterocycles. The molecule has 1 aliphatic heterocycles. The molecule has 1 aliphatic rings. The maximum Gasteiger partial charge on any atom is 0.230 e. The molecule has 0 fully saturated rings. The number of thiazole rings is 1. The van der Waals surface area contributed by atoms with Gasteiger partial charge < -0.3 is 14.8 Å². The van der Waals surface area contributed by atoms with Crippen LogP contribution < -0.4 is 14.8 Å². The van der Waals surface area contributed by atoms with Crippen LogP contribution in [0.5, 0.6) is 11.5 Å². The number of nitrogens with zero attached hydrogens (tertiary/aromatic N) is 1. The number of para-hydroxylation sites is 1. The van der Waals surface area contributed by atoms with E-state index in [2.05, 4.69) is 26.2 Å². The SMILES string of the molecule is CC(NC(=O)CSc1nc2ccccc2s1)c1cc2c(cc1Br)OCCO2. The van der Waals surface area contributed by atoms with Gasteiger partial charge in [-0.2, -0.15) is 0 Å². The average molecular weight is 465 g/mol. The number of aromatic nitrogens is 1. The highest BCUT2D eigenvalue weighted by molar-refractivity contribution is 9.10. The van der Waals surface area contributed by atoms with Crippen molar-refractivity contribution in [2.75, 3.05) is 19.0 Å². The number of thioether (sulfide) groups is 1. The maximum atomic E-state index is 12.4. The van der Waals surface area contributed by atoms with Crippen LogP contribution in [0.25, 0.3) is 10.2 Å². The number of carbonyl (C=O) groups is 1. The Hall–Kier alpha value is -1.77. The minimum absolute atomic E-state index is 0.0338. The van der Waals surface area contributed by atoms with Gasteiger partial charge in [0.2, 0.25) is 5.91 Å². The van der Waals surface area contributed by atoms with E-state index in [0.29, 0.717) is 24.7 Å². The molecule has 2 aromatic carbocycles. The second kappa shape index (κ2) is 8.08. The van der Waals surface area contributed by atoms with E-state index < -0.39 is 0 Å². The zero-order chi connectivity index (χ0) is 18.8. The maximum absolute atomic E-state index is 12.4. The fourth-order valence-electron chi connectivity index (χ4n) is 2.81. The highest BCUT2D eigenvalue weighted by Crippen LogP contribution is 2.38. The number of hydrogen-bond acceptors (Lipinski definition) is 6. The molecule has 27 heavy (non-hydrogen) atoms. The van der Waals surface area contributed by atoms with Crippen LogP contribution in [0.2, 0.25) is 0 Å². The number of carbonyl (C=O) groups excluding carboxylic acids is 1. The second-order valence-electron chi connectivity index (χ2n) is 6.04. The zero-order valence-electron chi connectivity index (χ0n) is 14.5. The summed E-state index contributed by atoms with van der Waals surface area (Å²) in [7, 11) is 0. The Morgan fingerprint density at radius 3 is 2.81 bits per heavy atom. The third-order valence-electron chi connectivity index (χ3n) is 4.11. The van der Waals surface area contributed by atoms with E-state index in [1.807, 2.05) is 43.3 Å². The van der Waals surface area contributed by atoms with Gasteiger partial charge in [-0.3, -0.25) is 4.79 Å². The highest BCUT2D eigenvalue weighted by atomic mass is 79.9. The Morgan fingerprint density at radius 2 is 2.04 bits per heavy atom. The summed E-state index contributed by atoms with van der Waals surface area (Å²) in [6.45, 7) is 3.04. The molecule has 1 amide bonds. The first kappa shape index (κ1) is 18.6. The molecule has 3 aromatic rings. The number of halogens is 1. The van der Waals surface area contributed by atoms with Crippen molar-refractivity contribution in [2.45, 2.75) is 17.3 Å². The van der Waals surface area contributed by atoms with Crippen molar-refractivity contribution in [3.05, 3.63) is 46.4 Å². The van der Waals surface area contributed by atoms with Crippen LogP contribution >= 0.6 is 39.0 Å². The first-order valence-corrected chi connectivity index (χ1v) is 11.1. The van der Waals surface area contributed by atoms with E-state index in [1.165, 1.54) is 11.8 Å². The lowest BCUT2D eigenvalue weighted by Gasteiger charge is -2.22. The summed E-state index contributed by atoms with van der Waals surface area (Å²) < 4.78 is 14.1. The van der Waals surface area contributed by atoms with Crippen molar-refractivity contribution >= 4 is 55.2 Å². The van der Waals surface area contributed by atoms with E-state index in [1.54, 1.807) is 11.3 Å². The van der Waals surface area contributed by atoms with E-state index in [9.17, 15) is 4.79 Å². The fourth-order valence-corrected chi connectivity index (χ4v) is 5.36. The van der Waals surface area contributed by atoms with E-state index in [4.69, 9.17) is 9.47 Å². The molecule has 4 rings (SSSR count). The summed E-state index contributed by atoms with van der Waals surface area (Å²) in [6, 6.07) is 11.6. The molecular weight excluding hydrogens is 448 g/mol. The third kappa shape index (κ3) is 4.23. The monoisotopic (exact) mass is 464 g/mol. The average Bonchev–Trinajstić information content (AvgIpc) is 3.08. The Bertz CT molecular complexity index is 959. The van der Waals surface area contributed by atoms with Crippen LogP contribution in [0.4, 0.5) is 0 Å². The minimum Gasteiger partial charge on any atom is -0.486 e. The molecule has 140 valence electrons. The van der Waals surface area contributed by atoms with Gasteiger partial charge in [0, 0.05) is 4.47 Å². The second-order valence-corrected chi connectivity index (χ2v) is 9.15. The van der Waals surface area contributed by atoms with Crippen molar-refractivity contribution in [1.82, 2.24) is 10.3 Å². The standard InChI is InChI=1S/C19H17BrN2O3S2/c1-11(12-8-15-16(9-13(12)20)25-7-6-24-15)21-18(23)10-26-19-22-14-4-2-3-5-17(14)27-19/h2-5,8-9,11H,6-7,10H2,1H3,(H,21,23). The van der Waals surface area contributed by atoms with Gasteiger partial charge in [0.25, 0.3) is 0 Å². The summed E-state index contributed by atoms with van der Waals surface area (Å²) in [5, 5.41) is 3.04. The number of rotatable bonds is 5. The summed E-state index contributed by atoms with van der Waals surface area (Å²) in [5.41, 5.74) is 1.93. The van der Waals surface area contributed by atoms with Crippen molar-refractivity contribution in [3.8, 4) is 11.5 Å². The van der Waals surface area contributed by atoms with Crippen molar-refractivity contribution in [1.29, 1.82) is 0 Å². The van der Waals surface area contributed by atoms with Gasteiger partial charge in [-0.05, 0) is 36.8 Å². The third-order valence-corrected chi connectivity index (χ3v) is 6.97. The Kier molecular flexibility index (Phi) is 5.56. The zero-order valence-corrected chi connectivity index (χ0v) is 17.7. The molecule has 0 bridgehead atoms. The van der Waals surface area contributed by atoms with Gasteiger partial charge in [0.05, 0.1) is 22.0 Å². The van der Waals surface area contributed by atoms with E-state index in [-0.39, 0.29) is 11.9 Å². The molecule has 5 nitrogen and oxygen atoms in total. The van der Waals surface area contributed by atoms with Gasteiger partial charge in [-0.15, -0.1) is 11.3 Å². The topological polar surface area (TPSA) is 60.5 Å². The predicted octanol–water partition coefficient (Wildman–Crippen LogP) is 4.80. The van der Waals surface area contributed by atoms with E-state index in [0.717, 1.165) is 30.3 Å². The lowest BCUT2D eigenvalue weighted by atomic mass is 10.1. The van der Waals surface area contributed by atoms with Gasteiger partial charge >= 0.3 is 0 Å². The first-order chi connectivity index (χ1) is 13.1. The van der Waals surface area contributed by atoms with Crippen LogP contribution in [-0.2, 0) is 4.79 Å². The molecule has 0 saturated heterocycles. The number of ether oxygens (including phenoxy) is 2. The van der Waals surface area contributed by atoms with Crippen molar-refractivity contribution < 1.29 is 14.3 Å². The molecule has 0 saturated carbocycles. The number of benzene rings is 2. The van der Waals surface area contributed by atoms with Gasteiger partial charge in [-0.25, -0.2) is 4.98 Å². The van der Waals surface area contributed by atoms with Gasteiger partial charge in [0.15, 0.2) is 15.8 Å². The summed E-state index contributed by atoms with van der Waals surface area (Å²) in [5.74, 6) is 1.73. The lowest BCUT2D eigenvalue weighted by Crippen LogP contribution is -2.28. The van der Waals surface area contributed by atoms with Crippen LogP contribution in [0.3, 0.4) is 0 Å². The predicted molar refractivity (Wildman–Crippen MR) is 112 cm³/mol. The Balaban J connectivity index is 1.39. The minimum atomic E-state index is -0.154. The molecule has 1 N–H and O–H groups in total. The fraction of sp³-hybridized carbons (Fsp3) is 0.263. The highest BCUT2D eigenvalue weighted by Gasteiger charge is 2.19. The van der Waals surface area contributed by atoms with Crippen LogP contribution in [0.1, 0.15) is 18.5 Å². The van der Waals surface area contributed by atoms with Gasteiger partial charge in [-0.1, -0.05) is 39.8 Å². The molecule has 0 radical (unpaired) electrons. The normalized spacial score (nSPS) is 14.1. The lowest BCUT2D eigenvalue weighted by molar-refractivity contribution is -0.119. The van der Waals surface area contributed by atoms with Crippen LogP contribution in [0, 0.1) is 0 Å². The first-order valence-electron chi connectivity index (χ1n) is 8.47. The molecule has 1 unspecified atom stereocenters. The summed E-state index contributed by atoms with van der Waals surface area (Å²) in [4.78, 5) is 16.9. The number of hydrogen-bond donors (Lipinski definition) is 1. The van der Waals surface area contributed by atoms with E-state index >= 15 is 0 Å². The molecule has 0 spiro atoms.